The lowest BCUT2D eigenvalue weighted by Crippen LogP contribution is -2.33. The van der Waals surface area contributed by atoms with E-state index >= 15 is 0 Å². The van der Waals surface area contributed by atoms with Crippen molar-refractivity contribution in [3.63, 3.8) is 0 Å². The summed E-state index contributed by atoms with van der Waals surface area (Å²) in [6.45, 7) is 2.02. The second-order valence-corrected chi connectivity index (χ2v) is 2.98. The van der Waals surface area contributed by atoms with Gasteiger partial charge < -0.3 is 15.9 Å². The fraction of sp³-hybridized carbons (Fsp3) is 0.875. The van der Waals surface area contributed by atoms with Gasteiger partial charge in [-0.05, 0) is 12.8 Å². The molecule has 0 rings (SSSR count). The van der Waals surface area contributed by atoms with Crippen LogP contribution in [-0.4, -0.2) is 28.3 Å². The van der Waals surface area contributed by atoms with E-state index in [1.165, 1.54) is 0 Å². The van der Waals surface area contributed by atoms with Gasteiger partial charge in [0.05, 0.1) is 6.10 Å². The molecule has 0 aliphatic rings. The van der Waals surface area contributed by atoms with Crippen molar-refractivity contribution in [2.24, 2.45) is 5.73 Å². The van der Waals surface area contributed by atoms with Gasteiger partial charge in [-0.1, -0.05) is 19.8 Å². The SMILES string of the molecule is CCCCC(O)CC(N)C(=O)O. The van der Waals surface area contributed by atoms with Gasteiger partial charge in [-0.2, -0.15) is 0 Å². The Morgan fingerprint density at radius 2 is 2.17 bits per heavy atom. The number of unbranched alkanes of at least 4 members (excludes halogenated alkanes) is 1. The van der Waals surface area contributed by atoms with Crippen molar-refractivity contribution in [1.29, 1.82) is 0 Å². The highest BCUT2D eigenvalue weighted by Crippen LogP contribution is 2.05. The minimum absolute atomic E-state index is 0.148. The third-order valence-electron chi connectivity index (χ3n) is 1.73. The first-order chi connectivity index (χ1) is 5.57. The Bertz CT molecular complexity index is 138. The molecule has 0 radical (unpaired) electrons. The quantitative estimate of drug-likeness (QED) is 0.543. The van der Waals surface area contributed by atoms with Gasteiger partial charge >= 0.3 is 5.97 Å². The minimum atomic E-state index is -1.05. The normalized spacial score (nSPS) is 15.6. The first-order valence-corrected chi connectivity index (χ1v) is 4.24. The Kier molecular flexibility index (Phi) is 5.66. The molecule has 0 saturated carbocycles. The number of aliphatic hydroxyl groups is 1. The molecule has 2 unspecified atom stereocenters. The summed E-state index contributed by atoms with van der Waals surface area (Å²) in [6, 6.07) is -0.933. The molecule has 0 aromatic heterocycles. The molecule has 0 aromatic rings. The van der Waals surface area contributed by atoms with Gasteiger partial charge in [0.15, 0.2) is 0 Å². The highest BCUT2D eigenvalue weighted by atomic mass is 16.4. The molecule has 4 nitrogen and oxygen atoms in total. The molecular formula is C8H17NO3. The van der Waals surface area contributed by atoms with Gasteiger partial charge in [-0.15, -0.1) is 0 Å². The van der Waals surface area contributed by atoms with E-state index in [-0.39, 0.29) is 6.42 Å². The van der Waals surface area contributed by atoms with Crippen LogP contribution in [0, 0.1) is 0 Å². The Morgan fingerprint density at radius 3 is 2.58 bits per heavy atom. The number of carboxylic acid groups (broad SMARTS) is 1. The largest absolute Gasteiger partial charge is 0.480 e. The van der Waals surface area contributed by atoms with Gasteiger partial charge in [-0.3, -0.25) is 4.79 Å². The van der Waals surface area contributed by atoms with Crippen LogP contribution in [-0.2, 0) is 4.79 Å². The molecule has 0 amide bonds. The Labute approximate surface area is 72.4 Å². The number of carboxylic acids is 1. The van der Waals surface area contributed by atoms with Gasteiger partial charge in [0.2, 0.25) is 0 Å². The third kappa shape index (κ3) is 5.09. The number of carbonyl (C=O) groups is 1. The standard InChI is InChI=1S/C8H17NO3/c1-2-3-4-6(10)5-7(9)8(11)12/h6-7,10H,2-5,9H2,1H3,(H,11,12). The second-order valence-electron chi connectivity index (χ2n) is 2.98. The van der Waals surface area contributed by atoms with Crippen molar-refractivity contribution in [2.75, 3.05) is 0 Å². The lowest BCUT2D eigenvalue weighted by molar-refractivity contribution is -0.139. The fourth-order valence-corrected chi connectivity index (χ4v) is 0.952. The zero-order valence-corrected chi connectivity index (χ0v) is 7.36. The molecule has 0 aliphatic carbocycles. The lowest BCUT2D eigenvalue weighted by atomic mass is 10.1. The molecular weight excluding hydrogens is 158 g/mol. The van der Waals surface area contributed by atoms with Crippen LogP contribution in [0.3, 0.4) is 0 Å². The van der Waals surface area contributed by atoms with E-state index in [4.69, 9.17) is 10.8 Å². The molecule has 12 heavy (non-hydrogen) atoms. The zero-order valence-electron chi connectivity index (χ0n) is 7.36. The molecule has 0 bridgehead atoms. The van der Waals surface area contributed by atoms with Crippen molar-refractivity contribution in [2.45, 2.75) is 44.8 Å². The van der Waals surface area contributed by atoms with Crippen LogP contribution in [0.2, 0.25) is 0 Å². The van der Waals surface area contributed by atoms with Crippen LogP contribution in [0.5, 0.6) is 0 Å². The topological polar surface area (TPSA) is 83.5 Å². The van der Waals surface area contributed by atoms with Gasteiger partial charge in [0.25, 0.3) is 0 Å². The lowest BCUT2D eigenvalue weighted by Gasteiger charge is -2.12. The van der Waals surface area contributed by atoms with Crippen molar-refractivity contribution >= 4 is 5.97 Å². The van der Waals surface area contributed by atoms with Crippen LogP contribution < -0.4 is 5.73 Å². The van der Waals surface area contributed by atoms with Crippen molar-refractivity contribution in [3.8, 4) is 0 Å². The maximum Gasteiger partial charge on any atom is 0.320 e. The highest BCUT2D eigenvalue weighted by Gasteiger charge is 2.15. The zero-order chi connectivity index (χ0) is 9.56. The van der Waals surface area contributed by atoms with E-state index in [9.17, 15) is 9.90 Å². The van der Waals surface area contributed by atoms with E-state index in [2.05, 4.69) is 0 Å². The number of rotatable bonds is 6. The van der Waals surface area contributed by atoms with Crippen molar-refractivity contribution in [3.05, 3.63) is 0 Å². The van der Waals surface area contributed by atoms with Crippen LogP contribution in [0.15, 0.2) is 0 Å². The molecule has 0 heterocycles. The fourth-order valence-electron chi connectivity index (χ4n) is 0.952. The number of hydrogen-bond donors (Lipinski definition) is 3. The number of aliphatic hydroxyl groups excluding tert-OH is 1. The van der Waals surface area contributed by atoms with E-state index in [1.807, 2.05) is 6.92 Å². The molecule has 4 N–H and O–H groups in total. The maximum absolute atomic E-state index is 10.3. The summed E-state index contributed by atoms with van der Waals surface area (Å²) in [5.41, 5.74) is 5.23. The summed E-state index contributed by atoms with van der Waals surface area (Å²) in [7, 11) is 0. The minimum Gasteiger partial charge on any atom is -0.480 e. The molecule has 72 valence electrons. The summed E-state index contributed by atoms with van der Waals surface area (Å²) >= 11 is 0. The molecule has 0 saturated heterocycles. The predicted molar refractivity (Wildman–Crippen MR) is 45.8 cm³/mol. The van der Waals surface area contributed by atoms with Crippen LogP contribution >= 0.6 is 0 Å². The van der Waals surface area contributed by atoms with Gasteiger partial charge in [-0.25, -0.2) is 0 Å². The Balaban J connectivity index is 3.53. The van der Waals surface area contributed by atoms with E-state index in [0.717, 1.165) is 12.8 Å². The van der Waals surface area contributed by atoms with Crippen LogP contribution in [0.1, 0.15) is 32.6 Å². The highest BCUT2D eigenvalue weighted by molar-refractivity contribution is 5.73. The summed E-state index contributed by atoms with van der Waals surface area (Å²) < 4.78 is 0. The molecule has 0 aromatic carbocycles. The summed E-state index contributed by atoms with van der Waals surface area (Å²) in [5.74, 6) is -1.05. The average molecular weight is 175 g/mol. The molecule has 2 atom stereocenters. The van der Waals surface area contributed by atoms with Crippen molar-refractivity contribution < 1.29 is 15.0 Å². The van der Waals surface area contributed by atoms with E-state index < -0.39 is 18.1 Å². The van der Waals surface area contributed by atoms with E-state index in [1.54, 1.807) is 0 Å². The maximum atomic E-state index is 10.3. The molecule has 0 fully saturated rings. The number of nitrogens with two attached hydrogens (primary N) is 1. The number of hydrogen-bond acceptors (Lipinski definition) is 3. The Hall–Kier alpha value is -0.610. The van der Waals surface area contributed by atoms with Crippen LogP contribution in [0.4, 0.5) is 0 Å². The number of aliphatic carboxylic acids is 1. The van der Waals surface area contributed by atoms with E-state index in [0.29, 0.717) is 6.42 Å². The summed E-state index contributed by atoms with van der Waals surface area (Å²) in [4.78, 5) is 10.3. The summed E-state index contributed by atoms with van der Waals surface area (Å²) in [5, 5.41) is 17.7. The molecule has 4 heteroatoms. The van der Waals surface area contributed by atoms with Gasteiger partial charge in [0, 0.05) is 0 Å². The first kappa shape index (κ1) is 11.4. The average Bonchev–Trinajstić information content (AvgIpc) is 2.00. The summed E-state index contributed by atoms with van der Waals surface area (Å²) in [6.07, 6.45) is 2.12. The third-order valence-corrected chi connectivity index (χ3v) is 1.73. The molecule has 0 aliphatic heterocycles. The predicted octanol–water partition coefficient (Wildman–Crippen LogP) is 0.339. The molecule has 0 spiro atoms. The smallest absolute Gasteiger partial charge is 0.320 e. The van der Waals surface area contributed by atoms with Crippen molar-refractivity contribution in [1.82, 2.24) is 0 Å². The first-order valence-electron chi connectivity index (χ1n) is 4.24. The second kappa shape index (κ2) is 5.97. The Morgan fingerprint density at radius 1 is 1.58 bits per heavy atom. The van der Waals surface area contributed by atoms with Crippen LogP contribution in [0.25, 0.3) is 0 Å². The monoisotopic (exact) mass is 175 g/mol. The van der Waals surface area contributed by atoms with Gasteiger partial charge in [0.1, 0.15) is 6.04 Å².